The van der Waals surface area contributed by atoms with E-state index in [1.54, 1.807) is 14.2 Å². The molecule has 0 aliphatic carbocycles. The van der Waals surface area contributed by atoms with Gasteiger partial charge in [-0.1, -0.05) is 17.7 Å². The van der Waals surface area contributed by atoms with Crippen LogP contribution in [0.4, 0.5) is 11.6 Å². The van der Waals surface area contributed by atoms with Gasteiger partial charge in [0.15, 0.2) is 11.6 Å². The molecule has 31 heavy (non-hydrogen) atoms. The first kappa shape index (κ1) is 21.2. The van der Waals surface area contributed by atoms with Crippen LogP contribution in [-0.4, -0.2) is 43.6 Å². The van der Waals surface area contributed by atoms with Crippen molar-refractivity contribution >= 4 is 34.0 Å². The van der Waals surface area contributed by atoms with Gasteiger partial charge in [0.1, 0.15) is 5.75 Å². The van der Waals surface area contributed by atoms with Gasteiger partial charge in [0.05, 0.1) is 36.4 Å². The fourth-order valence-corrected chi connectivity index (χ4v) is 4.32. The van der Waals surface area contributed by atoms with Crippen LogP contribution in [0.5, 0.6) is 5.75 Å². The second kappa shape index (κ2) is 9.38. The summed E-state index contributed by atoms with van der Waals surface area (Å²) >= 11 is 6.25. The highest BCUT2D eigenvalue weighted by Crippen LogP contribution is 2.34. The van der Waals surface area contributed by atoms with Crippen molar-refractivity contribution in [1.82, 2.24) is 10.2 Å². The largest absolute Gasteiger partial charge is 0.495 e. The Balaban J connectivity index is 1.68. The highest BCUT2D eigenvalue weighted by Gasteiger charge is 2.28. The first-order valence-electron chi connectivity index (χ1n) is 10.2. The summed E-state index contributed by atoms with van der Waals surface area (Å²) < 4.78 is 10.6. The lowest BCUT2D eigenvalue weighted by Crippen LogP contribution is -2.33. The number of rotatable bonds is 7. The number of hydrogen-bond acceptors (Lipinski definition) is 7. The topological polar surface area (TPSA) is 83.3 Å². The highest BCUT2D eigenvalue weighted by molar-refractivity contribution is 6.32. The number of hydrogen-bond donors (Lipinski definition) is 1. The van der Waals surface area contributed by atoms with Crippen molar-refractivity contribution < 1.29 is 9.47 Å². The summed E-state index contributed by atoms with van der Waals surface area (Å²) in [5.41, 5.74) is 1.57. The summed E-state index contributed by atoms with van der Waals surface area (Å²) in [6, 6.07) is 13.8. The SMILES string of the molecule is COC[C@@H]1CCCN1c1nnc(NCc2ccc(OC)c(Cl)c2)c2cc(C#N)ccc12. The zero-order valence-corrected chi connectivity index (χ0v) is 18.3. The Bertz CT molecular complexity index is 1130. The van der Waals surface area contributed by atoms with Crippen molar-refractivity contribution in [3.63, 3.8) is 0 Å². The third kappa shape index (κ3) is 4.36. The molecular formula is C23H24ClN5O2. The second-order valence-electron chi connectivity index (χ2n) is 7.51. The number of anilines is 2. The Labute approximate surface area is 186 Å². The lowest BCUT2D eigenvalue weighted by Gasteiger charge is -2.26. The summed E-state index contributed by atoms with van der Waals surface area (Å²) in [6.07, 6.45) is 2.15. The number of halogens is 1. The van der Waals surface area contributed by atoms with E-state index >= 15 is 0 Å². The van der Waals surface area contributed by atoms with Gasteiger partial charge in [-0.05, 0) is 48.7 Å². The molecule has 2 heterocycles. The zero-order chi connectivity index (χ0) is 21.8. The molecule has 0 amide bonds. The predicted molar refractivity (Wildman–Crippen MR) is 122 cm³/mol. The van der Waals surface area contributed by atoms with Crippen LogP contribution < -0.4 is 15.0 Å². The maximum Gasteiger partial charge on any atom is 0.159 e. The Hall–Kier alpha value is -3.08. The van der Waals surface area contributed by atoms with E-state index in [9.17, 15) is 5.26 Å². The van der Waals surface area contributed by atoms with Crippen molar-refractivity contribution in [2.24, 2.45) is 0 Å². The monoisotopic (exact) mass is 437 g/mol. The molecule has 4 rings (SSSR count). The zero-order valence-electron chi connectivity index (χ0n) is 17.6. The first-order chi connectivity index (χ1) is 15.1. The first-order valence-corrected chi connectivity index (χ1v) is 10.5. The van der Waals surface area contributed by atoms with Crippen LogP contribution >= 0.6 is 11.6 Å². The number of fused-ring (bicyclic) bond motifs is 1. The van der Waals surface area contributed by atoms with Crippen LogP contribution in [0.15, 0.2) is 36.4 Å². The Morgan fingerprint density at radius 2 is 2.06 bits per heavy atom. The van der Waals surface area contributed by atoms with E-state index in [0.717, 1.165) is 41.5 Å². The number of nitriles is 1. The van der Waals surface area contributed by atoms with Gasteiger partial charge in [-0.15, -0.1) is 10.2 Å². The standard InChI is InChI=1S/C23H24ClN5O2/c1-30-14-17-4-3-9-29(17)23-18-7-5-15(12-25)10-19(18)22(27-28-23)26-13-16-6-8-21(31-2)20(24)11-16/h5-8,10-11,17H,3-4,9,13-14H2,1-2H3,(H,26,27)/t17-/m0/s1. The van der Waals surface area contributed by atoms with Crippen molar-refractivity contribution in [1.29, 1.82) is 5.26 Å². The van der Waals surface area contributed by atoms with Crippen LogP contribution in [-0.2, 0) is 11.3 Å². The van der Waals surface area contributed by atoms with E-state index in [1.165, 1.54) is 0 Å². The van der Waals surface area contributed by atoms with E-state index in [-0.39, 0.29) is 6.04 Å². The van der Waals surface area contributed by atoms with Gasteiger partial charge in [0.25, 0.3) is 0 Å². The van der Waals surface area contributed by atoms with Gasteiger partial charge in [0.2, 0.25) is 0 Å². The molecule has 1 saturated heterocycles. The molecule has 0 unspecified atom stereocenters. The van der Waals surface area contributed by atoms with Crippen molar-refractivity contribution in [3.8, 4) is 11.8 Å². The number of ether oxygens (including phenoxy) is 2. The van der Waals surface area contributed by atoms with Crippen LogP contribution in [0.3, 0.4) is 0 Å². The molecule has 8 heteroatoms. The summed E-state index contributed by atoms with van der Waals surface area (Å²) in [6.45, 7) is 2.08. The normalized spacial score (nSPS) is 15.8. The van der Waals surface area contributed by atoms with Gasteiger partial charge < -0.3 is 19.7 Å². The van der Waals surface area contributed by atoms with Gasteiger partial charge >= 0.3 is 0 Å². The average Bonchev–Trinajstić information content (AvgIpc) is 3.25. The van der Waals surface area contributed by atoms with Crippen molar-refractivity contribution in [3.05, 3.63) is 52.5 Å². The third-order valence-corrected chi connectivity index (χ3v) is 5.87. The molecule has 7 nitrogen and oxygen atoms in total. The second-order valence-corrected chi connectivity index (χ2v) is 7.92. The summed E-state index contributed by atoms with van der Waals surface area (Å²) in [4.78, 5) is 2.26. The molecule has 0 spiro atoms. The molecule has 160 valence electrons. The molecule has 1 N–H and O–H groups in total. The average molecular weight is 438 g/mol. The highest BCUT2D eigenvalue weighted by atomic mass is 35.5. The molecule has 1 atom stereocenters. The van der Waals surface area contributed by atoms with Crippen LogP contribution in [0.1, 0.15) is 24.0 Å². The summed E-state index contributed by atoms with van der Waals surface area (Å²) in [5.74, 6) is 2.09. The lowest BCUT2D eigenvalue weighted by atomic mass is 10.1. The molecule has 1 aliphatic heterocycles. The fraction of sp³-hybridized carbons (Fsp3) is 0.348. The molecular weight excluding hydrogens is 414 g/mol. The Kier molecular flexibility index (Phi) is 6.40. The van der Waals surface area contributed by atoms with E-state index in [4.69, 9.17) is 21.1 Å². The van der Waals surface area contributed by atoms with Crippen molar-refractivity contribution in [2.45, 2.75) is 25.4 Å². The minimum Gasteiger partial charge on any atom is -0.495 e. The molecule has 3 aromatic rings. The van der Waals surface area contributed by atoms with Gasteiger partial charge in [-0.25, -0.2) is 0 Å². The fourth-order valence-electron chi connectivity index (χ4n) is 4.04. The molecule has 1 fully saturated rings. The number of methoxy groups -OCH3 is 2. The molecule has 1 aliphatic rings. The Morgan fingerprint density at radius 1 is 1.19 bits per heavy atom. The molecule has 0 radical (unpaired) electrons. The minimum atomic E-state index is 0.276. The molecule has 0 saturated carbocycles. The number of nitrogens with one attached hydrogen (secondary N) is 1. The molecule has 1 aromatic heterocycles. The third-order valence-electron chi connectivity index (χ3n) is 5.57. The van der Waals surface area contributed by atoms with E-state index < -0.39 is 0 Å². The van der Waals surface area contributed by atoms with E-state index in [0.29, 0.717) is 35.3 Å². The quantitative estimate of drug-likeness (QED) is 0.586. The maximum atomic E-state index is 9.41. The maximum absolute atomic E-state index is 9.41. The lowest BCUT2D eigenvalue weighted by molar-refractivity contribution is 0.180. The smallest absolute Gasteiger partial charge is 0.159 e. The summed E-state index contributed by atoms with van der Waals surface area (Å²) in [5, 5.41) is 24.2. The number of nitrogens with zero attached hydrogens (tertiary/aromatic N) is 4. The number of aromatic nitrogens is 2. The number of benzene rings is 2. The molecule has 2 aromatic carbocycles. The van der Waals surface area contributed by atoms with Crippen LogP contribution in [0.2, 0.25) is 5.02 Å². The van der Waals surface area contributed by atoms with Crippen LogP contribution in [0.25, 0.3) is 10.8 Å². The van der Waals surface area contributed by atoms with Gasteiger partial charge in [-0.3, -0.25) is 0 Å². The van der Waals surface area contributed by atoms with E-state index in [2.05, 4.69) is 26.5 Å². The van der Waals surface area contributed by atoms with E-state index in [1.807, 2.05) is 36.4 Å². The molecule has 0 bridgehead atoms. The predicted octanol–water partition coefficient (Wildman–Crippen LogP) is 4.39. The summed E-state index contributed by atoms with van der Waals surface area (Å²) in [7, 11) is 3.31. The van der Waals surface area contributed by atoms with Crippen LogP contribution in [0, 0.1) is 11.3 Å². The minimum absolute atomic E-state index is 0.276. The van der Waals surface area contributed by atoms with Gasteiger partial charge in [-0.2, -0.15) is 5.26 Å². The Morgan fingerprint density at radius 3 is 2.81 bits per heavy atom. The van der Waals surface area contributed by atoms with Crippen molar-refractivity contribution in [2.75, 3.05) is 37.6 Å². The van der Waals surface area contributed by atoms with Gasteiger partial charge in [0, 0.05) is 31.0 Å².